The van der Waals surface area contributed by atoms with Gasteiger partial charge in [-0.25, -0.2) is 0 Å². The molecule has 0 saturated carbocycles. The van der Waals surface area contributed by atoms with Crippen molar-refractivity contribution in [1.29, 1.82) is 0 Å². The number of furan rings is 1. The van der Waals surface area contributed by atoms with E-state index in [2.05, 4.69) is 10.6 Å². The summed E-state index contributed by atoms with van der Waals surface area (Å²) in [5.74, 6) is -0.577. The van der Waals surface area contributed by atoms with Gasteiger partial charge >= 0.3 is 0 Å². The summed E-state index contributed by atoms with van der Waals surface area (Å²) in [7, 11) is 0. The molecule has 0 unspecified atom stereocenters. The standard InChI is InChI=1S/C15H16N2O4/c1-10-4-5-12(18)11(9-10)14(19)16-6-7-17-15(20)13-3-2-8-21-13/h2-5,8-9,18H,6-7H2,1H3,(H,16,19)(H,17,20). The molecule has 0 fully saturated rings. The van der Waals surface area contributed by atoms with Crippen LogP contribution in [0.5, 0.6) is 5.75 Å². The summed E-state index contributed by atoms with van der Waals surface area (Å²) in [5.41, 5.74) is 1.09. The van der Waals surface area contributed by atoms with Crippen molar-refractivity contribution in [2.75, 3.05) is 13.1 Å². The highest BCUT2D eigenvalue weighted by Crippen LogP contribution is 2.17. The number of rotatable bonds is 5. The summed E-state index contributed by atoms with van der Waals surface area (Å²) in [6, 6.07) is 7.97. The van der Waals surface area contributed by atoms with Crippen molar-refractivity contribution in [3.05, 3.63) is 53.5 Å². The predicted octanol–water partition coefficient (Wildman–Crippen LogP) is 1.45. The van der Waals surface area contributed by atoms with Crippen molar-refractivity contribution in [3.63, 3.8) is 0 Å². The minimum Gasteiger partial charge on any atom is -0.507 e. The van der Waals surface area contributed by atoms with Crippen LogP contribution in [-0.4, -0.2) is 30.0 Å². The van der Waals surface area contributed by atoms with Crippen molar-refractivity contribution >= 4 is 11.8 Å². The number of carbonyl (C=O) groups excluding carboxylic acids is 2. The lowest BCUT2D eigenvalue weighted by atomic mass is 10.1. The number of amides is 2. The van der Waals surface area contributed by atoms with Crippen molar-refractivity contribution < 1.29 is 19.1 Å². The van der Waals surface area contributed by atoms with Gasteiger partial charge in [0.05, 0.1) is 11.8 Å². The van der Waals surface area contributed by atoms with E-state index < -0.39 is 0 Å². The van der Waals surface area contributed by atoms with Crippen molar-refractivity contribution in [3.8, 4) is 5.75 Å². The van der Waals surface area contributed by atoms with E-state index in [1.807, 2.05) is 6.92 Å². The molecule has 0 aliphatic carbocycles. The third-order valence-electron chi connectivity index (χ3n) is 2.84. The summed E-state index contributed by atoms with van der Waals surface area (Å²) in [6.45, 7) is 2.34. The van der Waals surface area contributed by atoms with Gasteiger partial charge in [0.15, 0.2) is 5.76 Å². The molecule has 21 heavy (non-hydrogen) atoms. The van der Waals surface area contributed by atoms with Gasteiger partial charge < -0.3 is 20.2 Å². The SMILES string of the molecule is Cc1ccc(O)c(C(=O)NCCNC(=O)c2ccco2)c1. The Balaban J connectivity index is 1.79. The van der Waals surface area contributed by atoms with E-state index in [-0.39, 0.29) is 42.0 Å². The first-order valence-corrected chi connectivity index (χ1v) is 6.47. The van der Waals surface area contributed by atoms with Crippen LogP contribution in [-0.2, 0) is 0 Å². The fourth-order valence-corrected chi connectivity index (χ4v) is 1.77. The molecule has 1 aromatic heterocycles. The number of phenols is 1. The van der Waals surface area contributed by atoms with Crippen LogP contribution >= 0.6 is 0 Å². The molecule has 1 aromatic carbocycles. The molecule has 0 aliphatic heterocycles. The number of carbonyl (C=O) groups is 2. The van der Waals surface area contributed by atoms with Crippen LogP contribution < -0.4 is 10.6 Å². The normalized spacial score (nSPS) is 10.1. The molecule has 0 radical (unpaired) electrons. The zero-order valence-corrected chi connectivity index (χ0v) is 11.6. The molecular weight excluding hydrogens is 272 g/mol. The monoisotopic (exact) mass is 288 g/mol. The molecule has 2 amide bonds. The summed E-state index contributed by atoms with van der Waals surface area (Å²) in [4.78, 5) is 23.5. The number of hydrogen-bond acceptors (Lipinski definition) is 4. The van der Waals surface area contributed by atoms with Crippen LogP contribution in [0.1, 0.15) is 26.5 Å². The molecule has 0 aliphatic rings. The first-order valence-electron chi connectivity index (χ1n) is 6.47. The van der Waals surface area contributed by atoms with Crippen molar-refractivity contribution in [2.45, 2.75) is 6.92 Å². The summed E-state index contributed by atoms with van der Waals surface area (Å²) >= 11 is 0. The predicted molar refractivity (Wildman–Crippen MR) is 76.2 cm³/mol. The van der Waals surface area contributed by atoms with Gasteiger partial charge in [-0.1, -0.05) is 11.6 Å². The average Bonchev–Trinajstić information content (AvgIpc) is 3.00. The second-order valence-electron chi connectivity index (χ2n) is 4.51. The number of phenolic OH excluding ortho intramolecular Hbond substituents is 1. The first-order chi connectivity index (χ1) is 10.1. The van der Waals surface area contributed by atoms with E-state index in [1.165, 1.54) is 12.3 Å². The topological polar surface area (TPSA) is 91.6 Å². The quantitative estimate of drug-likeness (QED) is 0.726. The Morgan fingerprint density at radius 3 is 2.52 bits per heavy atom. The molecule has 1 heterocycles. The average molecular weight is 288 g/mol. The van der Waals surface area contributed by atoms with Gasteiger partial charge in [0, 0.05) is 13.1 Å². The van der Waals surface area contributed by atoms with Gasteiger partial charge in [0.25, 0.3) is 11.8 Å². The molecular formula is C15H16N2O4. The van der Waals surface area contributed by atoms with E-state index in [1.54, 1.807) is 24.3 Å². The van der Waals surface area contributed by atoms with E-state index in [0.717, 1.165) is 5.56 Å². The molecule has 0 bridgehead atoms. The molecule has 2 rings (SSSR count). The number of aromatic hydroxyl groups is 1. The Hall–Kier alpha value is -2.76. The fourth-order valence-electron chi connectivity index (χ4n) is 1.77. The number of nitrogens with one attached hydrogen (secondary N) is 2. The van der Waals surface area contributed by atoms with E-state index in [9.17, 15) is 14.7 Å². The maximum atomic E-state index is 11.9. The van der Waals surface area contributed by atoms with Crippen LogP contribution in [0.2, 0.25) is 0 Å². The van der Waals surface area contributed by atoms with Crippen LogP contribution in [0.25, 0.3) is 0 Å². The second kappa shape index (κ2) is 6.60. The molecule has 0 atom stereocenters. The van der Waals surface area contributed by atoms with Gasteiger partial charge in [0.1, 0.15) is 5.75 Å². The lowest BCUT2D eigenvalue weighted by molar-refractivity contribution is 0.0909. The highest BCUT2D eigenvalue weighted by atomic mass is 16.3. The smallest absolute Gasteiger partial charge is 0.287 e. The molecule has 6 nitrogen and oxygen atoms in total. The molecule has 0 saturated heterocycles. The van der Waals surface area contributed by atoms with Crippen LogP contribution in [0.3, 0.4) is 0 Å². The van der Waals surface area contributed by atoms with E-state index >= 15 is 0 Å². The van der Waals surface area contributed by atoms with Crippen molar-refractivity contribution in [1.82, 2.24) is 10.6 Å². The van der Waals surface area contributed by atoms with Gasteiger partial charge in [0.2, 0.25) is 0 Å². The van der Waals surface area contributed by atoms with Gasteiger partial charge in [-0.3, -0.25) is 9.59 Å². The first kappa shape index (κ1) is 14.6. The highest BCUT2D eigenvalue weighted by Gasteiger charge is 2.11. The summed E-state index contributed by atoms with van der Waals surface area (Å²) < 4.78 is 4.94. The van der Waals surface area contributed by atoms with Crippen LogP contribution in [0.15, 0.2) is 41.0 Å². The van der Waals surface area contributed by atoms with E-state index in [4.69, 9.17) is 4.42 Å². The number of benzene rings is 1. The fraction of sp³-hybridized carbons (Fsp3) is 0.200. The van der Waals surface area contributed by atoms with Gasteiger partial charge in [-0.15, -0.1) is 0 Å². The molecule has 0 spiro atoms. The summed E-state index contributed by atoms with van der Waals surface area (Å²) in [5, 5.41) is 14.9. The lowest BCUT2D eigenvalue weighted by Gasteiger charge is -2.08. The van der Waals surface area contributed by atoms with Crippen molar-refractivity contribution in [2.24, 2.45) is 0 Å². The second-order valence-corrected chi connectivity index (χ2v) is 4.51. The molecule has 110 valence electrons. The molecule has 2 aromatic rings. The number of hydrogen-bond donors (Lipinski definition) is 3. The zero-order valence-electron chi connectivity index (χ0n) is 11.6. The Morgan fingerprint density at radius 1 is 1.14 bits per heavy atom. The van der Waals surface area contributed by atoms with E-state index in [0.29, 0.717) is 0 Å². The third-order valence-corrected chi connectivity index (χ3v) is 2.84. The third kappa shape index (κ3) is 3.85. The van der Waals surface area contributed by atoms with Gasteiger partial charge in [-0.05, 0) is 31.2 Å². The Kier molecular flexibility index (Phi) is 4.61. The van der Waals surface area contributed by atoms with Crippen LogP contribution in [0.4, 0.5) is 0 Å². The maximum Gasteiger partial charge on any atom is 0.287 e. The molecule has 6 heteroatoms. The number of aryl methyl sites for hydroxylation is 1. The van der Waals surface area contributed by atoms with Gasteiger partial charge in [-0.2, -0.15) is 0 Å². The zero-order chi connectivity index (χ0) is 15.2. The highest BCUT2D eigenvalue weighted by molar-refractivity contribution is 5.97. The minimum absolute atomic E-state index is 0.0716. The lowest BCUT2D eigenvalue weighted by Crippen LogP contribution is -2.34. The maximum absolute atomic E-state index is 11.9. The Bertz CT molecular complexity index is 635. The molecule has 3 N–H and O–H groups in total. The minimum atomic E-state index is -0.386. The Morgan fingerprint density at radius 2 is 1.86 bits per heavy atom. The Labute approximate surface area is 121 Å². The summed E-state index contributed by atoms with van der Waals surface area (Å²) in [6.07, 6.45) is 1.41. The largest absolute Gasteiger partial charge is 0.507 e. The van der Waals surface area contributed by atoms with Crippen LogP contribution in [0, 0.1) is 6.92 Å².